The Balaban J connectivity index is 2.22. The van der Waals surface area contributed by atoms with Crippen LogP contribution in [-0.4, -0.2) is 17.7 Å². The highest BCUT2D eigenvalue weighted by molar-refractivity contribution is 9.10. The highest BCUT2D eigenvalue weighted by atomic mass is 79.9. The largest absolute Gasteiger partial charge is 0.507 e. The van der Waals surface area contributed by atoms with Crippen molar-refractivity contribution in [1.82, 2.24) is 5.32 Å². The Kier molecular flexibility index (Phi) is 4.10. The van der Waals surface area contributed by atoms with Gasteiger partial charge in [-0.2, -0.15) is 0 Å². The molecule has 1 unspecified atom stereocenters. The van der Waals surface area contributed by atoms with Gasteiger partial charge in [0.25, 0.3) is 0 Å². The van der Waals surface area contributed by atoms with Crippen LogP contribution in [0.2, 0.25) is 0 Å². The molecule has 0 aromatic heterocycles. The molecule has 94 valence electrons. The summed E-state index contributed by atoms with van der Waals surface area (Å²) in [6.45, 7) is 5.07. The summed E-state index contributed by atoms with van der Waals surface area (Å²) in [5, 5.41) is 13.6. The van der Waals surface area contributed by atoms with Gasteiger partial charge < -0.3 is 10.4 Å². The Morgan fingerprint density at radius 1 is 1.41 bits per heavy atom. The van der Waals surface area contributed by atoms with E-state index in [2.05, 4.69) is 21.2 Å². The lowest BCUT2D eigenvalue weighted by atomic mass is 9.94. The first kappa shape index (κ1) is 12.9. The Morgan fingerprint density at radius 2 is 2.18 bits per heavy atom. The predicted molar refractivity (Wildman–Crippen MR) is 74.6 cm³/mol. The third-order valence-corrected chi connectivity index (χ3v) is 4.38. The predicted octanol–water partition coefficient (Wildman–Crippen LogP) is 3.46. The number of benzene rings is 1. The summed E-state index contributed by atoms with van der Waals surface area (Å²) in [4.78, 5) is 0. The molecule has 0 bridgehead atoms. The molecule has 1 heterocycles. The zero-order valence-corrected chi connectivity index (χ0v) is 12.1. The smallest absolute Gasteiger partial charge is 0.121 e. The van der Waals surface area contributed by atoms with Crippen molar-refractivity contribution in [3.63, 3.8) is 0 Å². The van der Waals surface area contributed by atoms with Gasteiger partial charge >= 0.3 is 0 Å². The van der Waals surface area contributed by atoms with Crippen molar-refractivity contribution in [3.8, 4) is 5.75 Å². The Labute approximate surface area is 112 Å². The van der Waals surface area contributed by atoms with Crippen LogP contribution in [0.3, 0.4) is 0 Å². The van der Waals surface area contributed by atoms with Gasteiger partial charge in [0.15, 0.2) is 0 Å². The minimum absolute atomic E-state index is 0.444. The number of aryl methyl sites for hydroxylation is 1. The molecule has 1 aliphatic heterocycles. The number of nitrogens with one attached hydrogen (secondary N) is 1. The number of hydrogen-bond donors (Lipinski definition) is 2. The van der Waals surface area contributed by atoms with Crippen LogP contribution in [0.1, 0.15) is 36.0 Å². The number of aromatic hydroxyl groups is 1. The summed E-state index contributed by atoms with van der Waals surface area (Å²) in [6, 6.07) is 2.57. The molecule has 0 radical (unpaired) electrons. The lowest BCUT2D eigenvalue weighted by Crippen LogP contribution is -2.35. The van der Waals surface area contributed by atoms with Crippen molar-refractivity contribution in [1.29, 1.82) is 0 Å². The summed E-state index contributed by atoms with van der Waals surface area (Å²) >= 11 is 3.62. The maximum absolute atomic E-state index is 10.00. The number of phenolic OH excluding ortho intramolecular Hbond substituents is 1. The van der Waals surface area contributed by atoms with E-state index in [0.29, 0.717) is 11.8 Å². The Hall–Kier alpha value is -0.540. The van der Waals surface area contributed by atoms with Crippen LogP contribution in [0.15, 0.2) is 10.5 Å². The molecule has 1 atom stereocenters. The van der Waals surface area contributed by atoms with Gasteiger partial charge in [-0.1, -0.05) is 22.4 Å². The molecule has 0 spiro atoms. The first-order chi connectivity index (χ1) is 8.09. The standard InChI is InChI=1S/C14H20BrNO/c1-9-7-13(15)12(10(2)14(9)17)8-11-5-3-4-6-16-11/h7,11,16-17H,3-6,8H2,1-2H3. The zero-order chi connectivity index (χ0) is 12.4. The monoisotopic (exact) mass is 297 g/mol. The second kappa shape index (κ2) is 5.40. The molecular formula is C14H20BrNO. The van der Waals surface area contributed by atoms with Gasteiger partial charge in [0.1, 0.15) is 5.75 Å². The van der Waals surface area contributed by atoms with Crippen molar-refractivity contribution in [2.75, 3.05) is 6.54 Å². The van der Waals surface area contributed by atoms with Gasteiger partial charge in [-0.15, -0.1) is 0 Å². The van der Waals surface area contributed by atoms with Crippen LogP contribution in [0.25, 0.3) is 0 Å². The second-order valence-electron chi connectivity index (χ2n) is 4.98. The van der Waals surface area contributed by atoms with E-state index in [1.807, 2.05) is 19.9 Å². The van der Waals surface area contributed by atoms with E-state index in [1.165, 1.54) is 24.8 Å². The second-order valence-corrected chi connectivity index (χ2v) is 5.83. The summed E-state index contributed by atoms with van der Waals surface area (Å²) in [6.07, 6.45) is 4.84. The van der Waals surface area contributed by atoms with Crippen molar-refractivity contribution >= 4 is 15.9 Å². The molecule has 17 heavy (non-hydrogen) atoms. The van der Waals surface area contributed by atoms with Crippen LogP contribution >= 0.6 is 15.9 Å². The molecule has 2 N–H and O–H groups in total. The van der Waals surface area contributed by atoms with Gasteiger partial charge in [-0.3, -0.25) is 0 Å². The van der Waals surface area contributed by atoms with Crippen LogP contribution in [0.4, 0.5) is 0 Å². The van der Waals surface area contributed by atoms with Gasteiger partial charge in [-0.05, 0) is 62.4 Å². The highest BCUT2D eigenvalue weighted by Gasteiger charge is 2.18. The fourth-order valence-electron chi connectivity index (χ4n) is 2.56. The number of piperidine rings is 1. The topological polar surface area (TPSA) is 32.3 Å². The fraction of sp³-hybridized carbons (Fsp3) is 0.571. The number of phenols is 1. The molecule has 1 saturated heterocycles. The molecule has 2 rings (SSSR count). The molecular weight excluding hydrogens is 278 g/mol. The maximum atomic E-state index is 10.00. The number of halogens is 1. The van der Waals surface area contributed by atoms with Crippen molar-refractivity contribution < 1.29 is 5.11 Å². The zero-order valence-electron chi connectivity index (χ0n) is 10.5. The van der Waals surface area contributed by atoms with Gasteiger partial charge in [0, 0.05) is 10.5 Å². The summed E-state index contributed by atoms with van der Waals surface area (Å²) < 4.78 is 1.12. The normalized spacial score (nSPS) is 20.5. The van der Waals surface area contributed by atoms with Crippen LogP contribution in [0, 0.1) is 13.8 Å². The van der Waals surface area contributed by atoms with E-state index in [9.17, 15) is 5.11 Å². The third-order valence-electron chi connectivity index (χ3n) is 3.68. The highest BCUT2D eigenvalue weighted by Crippen LogP contribution is 2.32. The SMILES string of the molecule is Cc1cc(Br)c(CC2CCCCN2)c(C)c1O. The molecule has 2 nitrogen and oxygen atoms in total. The van der Waals surface area contributed by atoms with Crippen LogP contribution in [0.5, 0.6) is 5.75 Å². The molecule has 0 amide bonds. The summed E-state index contributed by atoms with van der Waals surface area (Å²) in [5.41, 5.74) is 3.20. The van der Waals surface area contributed by atoms with E-state index in [1.54, 1.807) is 0 Å². The van der Waals surface area contributed by atoms with Crippen LogP contribution < -0.4 is 5.32 Å². The van der Waals surface area contributed by atoms with E-state index in [0.717, 1.165) is 28.6 Å². The lowest BCUT2D eigenvalue weighted by molar-refractivity contribution is 0.397. The minimum Gasteiger partial charge on any atom is -0.507 e. The molecule has 1 aromatic rings. The molecule has 3 heteroatoms. The Bertz CT molecular complexity index is 411. The lowest BCUT2D eigenvalue weighted by Gasteiger charge is -2.25. The first-order valence-electron chi connectivity index (χ1n) is 6.30. The van der Waals surface area contributed by atoms with Crippen molar-refractivity contribution in [3.05, 3.63) is 27.2 Å². The van der Waals surface area contributed by atoms with E-state index >= 15 is 0 Å². The maximum Gasteiger partial charge on any atom is 0.121 e. The first-order valence-corrected chi connectivity index (χ1v) is 7.10. The minimum atomic E-state index is 0.444. The number of rotatable bonds is 2. The summed E-state index contributed by atoms with van der Waals surface area (Å²) in [7, 11) is 0. The van der Waals surface area contributed by atoms with Crippen molar-refractivity contribution in [2.45, 2.75) is 45.6 Å². The van der Waals surface area contributed by atoms with Crippen LogP contribution in [-0.2, 0) is 6.42 Å². The van der Waals surface area contributed by atoms with E-state index < -0.39 is 0 Å². The van der Waals surface area contributed by atoms with Gasteiger partial charge in [-0.25, -0.2) is 0 Å². The fourth-order valence-corrected chi connectivity index (χ4v) is 3.36. The quantitative estimate of drug-likeness (QED) is 0.876. The summed E-state index contributed by atoms with van der Waals surface area (Å²) in [5.74, 6) is 0.444. The van der Waals surface area contributed by atoms with Gasteiger partial charge in [0.2, 0.25) is 0 Å². The van der Waals surface area contributed by atoms with E-state index in [-0.39, 0.29) is 0 Å². The third kappa shape index (κ3) is 2.83. The molecule has 0 aliphatic carbocycles. The molecule has 1 aliphatic rings. The number of hydrogen-bond acceptors (Lipinski definition) is 2. The average molecular weight is 298 g/mol. The van der Waals surface area contributed by atoms with Crippen molar-refractivity contribution in [2.24, 2.45) is 0 Å². The van der Waals surface area contributed by atoms with E-state index in [4.69, 9.17) is 0 Å². The molecule has 0 saturated carbocycles. The molecule has 1 aromatic carbocycles. The average Bonchev–Trinajstić information content (AvgIpc) is 2.33. The molecule has 1 fully saturated rings. The van der Waals surface area contributed by atoms with Gasteiger partial charge in [0.05, 0.1) is 0 Å². The Morgan fingerprint density at radius 3 is 2.82 bits per heavy atom.